The van der Waals surface area contributed by atoms with E-state index < -0.39 is 11.9 Å². The van der Waals surface area contributed by atoms with E-state index in [1.54, 1.807) is 18.2 Å². The molecule has 9 heteroatoms. The maximum atomic E-state index is 12.4. The van der Waals surface area contributed by atoms with Crippen LogP contribution in [0.2, 0.25) is 10.0 Å². The van der Waals surface area contributed by atoms with Gasteiger partial charge in [0.15, 0.2) is 5.12 Å². The van der Waals surface area contributed by atoms with E-state index in [1.807, 2.05) is 24.3 Å². The van der Waals surface area contributed by atoms with Crippen molar-refractivity contribution in [3.63, 3.8) is 0 Å². The largest absolute Gasteiger partial charge is 0.368 e. The average Bonchev–Trinajstić information content (AvgIpc) is 2.65. The van der Waals surface area contributed by atoms with E-state index in [2.05, 4.69) is 10.6 Å². The van der Waals surface area contributed by atoms with Crippen molar-refractivity contribution in [1.82, 2.24) is 5.32 Å². The lowest BCUT2D eigenvalue weighted by molar-refractivity contribution is -0.126. The molecule has 2 aromatic rings. The Morgan fingerprint density at radius 2 is 1.72 bits per heavy atom. The van der Waals surface area contributed by atoms with Crippen LogP contribution in [0.4, 0.5) is 11.4 Å². The number of nitrogens with two attached hydrogens (primary N) is 1. The third-order valence-electron chi connectivity index (χ3n) is 3.97. The van der Waals surface area contributed by atoms with Crippen molar-refractivity contribution in [2.75, 3.05) is 11.1 Å². The highest BCUT2D eigenvalue weighted by molar-refractivity contribution is 8.13. The van der Waals surface area contributed by atoms with Crippen molar-refractivity contribution < 1.29 is 14.4 Å². The quantitative estimate of drug-likeness (QED) is 0.533. The minimum atomic E-state index is -0.788. The number of hydrogen-bond acceptors (Lipinski definition) is 5. The third kappa shape index (κ3) is 7.27. The summed E-state index contributed by atoms with van der Waals surface area (Å²) in [4.78, 5) is 34.9. The Morgan fingerprint density at radius 1 is 1.07 bits per heavy atom. The lowest BCUT2D eigenvalue weighted by Crippen LogP contribution is -2.43. The van der Waals surface area contributed by atoms with Crippen LogP contribution in [-0.2, 0) is 20.8 Å². The number of rotatable bonds is 9. The Bertz CT molecular complexity index is 888. The van der Waals surface area contributed by atoms with Gasteiger partial charge in [-0.1, -0.05) is 59.2 Å². The summed E-state index contributed by atoms with van der Waals surface area (Å²) in [5.74, 6) is -0.610. The summed E-state index contributed by atoms with van der Waals surface area (Å²) in [7, 11) is 0. The molecule has 0 aliphatic heterocycles. The smallest absolute Gasteiger partial charge is 0.240 e. The minimum Gasteiger partial charge on any atom is -0.368 e. The number of nitrogens with one attached hydrogen (secondary N) is 2. The zero-order chi connectivity index (χ0) is 21.4. The van der Waals surface area contributed by atoms with Crippen LogP contribution < -0.4 is 16.4 Å². The van der Waals surface area contributed by atoms with Crippen molar-refractivity contribution in [1.29, 1.82) is 0 Å². The van der Waals surface area contributed by atoms with Gasteiger partial charge in [0.1, 0.15) is 6.04 Å². The van der Waals surface area contributed by atoms with Crippen molar-refractivity contribution in [2.24, 2.45) is 5.73 Å². The van der Waals surface area contributed by atoms with Crippen LogP contribution in [0.1, 0.15) is 18.9 Å². The summed E-state index contributed by atoms with van der Waals surface area (Å²) in [5, 5.41) is 6.55. The Labute approximate surface area is 183 Å². The van der Waals surface area contributed by atoms with E-state index in [0.29, 0.717) is 21.5 Å². The van der Waals surface area contributed by atoms with Gasteiger partial charge in [-0.15, -0.1) is 0 Å². The zero-order valence-corrected chi connectivity index (χ0v) is 18.0. The first-order valence-corrected chi connectivity index (χ1v) is 10.5. The lowest BCUT2D eigenvalue weighted by atomic mass is 10.1. The molecular formula is C20H21Cl2N3O3S. The van der Waals surface area contributed by atoms with E-state index in [9.17, 15) is 14.4 Å². The second-order valence-corrected chi connectivity index (χ2v) is 8.19. The lowest BCUT2D eigenvalue weighted by Gasteiger charge is -2.15. The predicted molar refractivity (Wildman–Crippen MR) is 119 cm³/mol. The normalized spacial score (nSPS) is 11.6. The standard InChI is InChI=1S/C20H21Cl2N3O3S/c1-12(26)24-17(20(23)28)9-10-29-18(27)11-13-5-2-3-8-16(13)25-19-14(21)6-4-7-15(19)22/h2-8,17,25H,9-11H2,1H3,(H2,23,28)(H,24,26). The molecule has 0 radical (unpaired) electrons. The molecule has 0 aliphatic carbocycles. The van der Waals surface area contributed by atoms with Crippen molar-refractivity contribution in [2.45, 2.75) is 25.8 Å². The molecule has 0 heterocycles. The van der Waals surface area contributed by atoms with E-state index in [1.165, 1.54) is 6.92 Å². The van der Waals surface area contributed by atoms with Gasteiger partial charge in [0, 0.05) is 24.8 Å². The molecule has 2 rings (SSSR count). The highest BCUT2D eigenvalue weighted by Crippen LogP contribution is 2.33. The molecule has 0 saturated carbocycles. The fourth-order valence-corrected chi connectivity index (χ4v) is 3.91. The molecule has 2 aromatic carbocycles. The molecule has 0 spiro atoms. The van der Waals surface area contributed by atoms with Gasteiger partial charge in [0.2, 0.25) is 11.8 Å². The highest BCUT2D eigenvalue weighted by Gasteiger charge is 2.17. The maximum Gasteiger partial charge on any atom is 0.240 e. The minimum absolute atomic E-state index is 0.0736. The van der Waals surface area contributed by atoms with Crippen LogP contribution in [0.3, 0.4) is 0 Å². The molecule has 6 nitrogen and oxygen atoms in total. The summed E-state index contributed by atoms with van der Waals surface area (Å²) in [6.07, 6.45) is 0.456. The first kappa shape index (κ1) is 23.1. The summed E-state index contributed by atoms with van der Waals surface area (Å²) in [6, 6.07) is 11.8. The summed E-state index contributed by atoms with van der Waals surface area (Å²) < 4.78 is 0. The number of anilines is 2. The number of para-hydroxylation sites is 2. The number of carbonyl (C=O) groups excluding carboxylic acids is 3. The number of benzene rings is 2. The van der Waals surface area contributed by atoms with E-state index >= 15 is 0 Å². The van der Waals surface area contributed by atoms with Gasteiger partial charge in [-0.2, -0.15) is 0 Å². The number of hydrogen-bond donors (Lipinski definition) is 3. The van der Waals surface area contributed by atoms with E-state index in [-0.39, 0.29) is 23.9 Å². The molecule has 29 heavy (non-hydrogen) atoms. The molecular weight excluding hydrogens is 433 g/mol. The fourth-order valence-electron chi connectivity index (χ4n) is 2.58. The first-order valence-electron chi connectivity index (χ1n) is 8.79. The predicted octanol–water partition coefficient (Wildman–Crippen LogP) is 3.92. The molecule has 0 aliphatic rings. The average molecular weight is 454 g/mol. The third-order valence-corrected chi connectivity index (χ3v) is 5.50. The molecule has 1 unspecified atom stereocenters. The van der Waals surface area contributed by atoms with Gasteiger partial charge < -0.3 is 16.4 Å². The van der Waals surface area contributed by atoms with Gasteiger partial charge in [-0.05, 0) is 30.2 Å². The fraction of sp³-hybridized carbons (Fsp3) is 0.250. The van der Waals surface area contributed by atoms with Gasteiger partial charge in [-0.3, -0.25) is 14.4 Å². The van der Waals surface area contributed by atoms with Crippen LogP contribution in [0, 0.1) is 0 Å². The van der Waals surface area contributed by atoms with Gasteiger partial charge in [0.05, 0.1) is 15.7 Å². The van der Waals surface area contributed by atoms with Crippen molar-refractivity contribution >= 4 is 63.3 Å². The maximum absolute atomic E-state index is 12.4. The summed E-state index contributed by atoms with van der Waals surface area (Å²) in [6.45, 7) is 1.31. The molecule has 2 amide bonds. The topological polar surface area (TPSA) is 101 Å². The molecule has 0 bridgehead atoms. The first-order chi connectivity index (χ1) is 13.8. The zero-order valence-electron chi connectivity index (χ0n) is 15.7. The monoisotopic (exact) mass is 453 g/mol. The van der Waals surface area contributed by atoms with E-state index in [4.69, 9.17) is 28.9 Å². The molecule has 154 valence electrons. The number of amides is 2. The Morgan fingerprint density at radius 3 is 2.34 bits per heavy atom. The van der Waals surface area contributed by atoms with Crippen molar-refractivity contribution in [3.8, 4) is 0 Å². The second kappa shape index (κ2) is 11.1. The molecule has 0 saturated heterocycles. The van der Waals surface area contributed by atoms with Gasteiger partial charge >= 0.3 is 0 Å². The Kier molecular flexibility index (Phi) is 8.82. The van der Waals surface area contributed by atoms with Crippen LogP contribution in [0.15, 0.2) is 42.5 Å². The number of thioether (sulfide) groups is 1. The van der Waals surface area contributed by atoms with Crippen molar-refractivity contribution in [3.05, 3.63) is 58.1 Å². The van der Waals surface area contributed by atoms with E-state index in [0.717, 1.165) is 23.0 Å². The second-order valence-electron chi connectivity index (χ2n) is 6.22. The molecule has 0 aromatic heterocycles. The number of primary amides is 1. The van der Waals surface area contributed by atoms with Gasteiger partial charge in [-0.25, -0.2) is 0 Å². The summed E-state index contributed by atoms with van der Waals surface area (Å²) >= 11 is 13.5. The number of carbonyl (C=O) groups is 3. The van der Waals surface area contributed by atoms with Crippen LogP contribution in [-0.4, -0.2) is 28.7 Å². The molecule has 4 N–H and O–H groups in total. The van der Waals surface area contributed by atoms with Crippen LogP contribution in [0.5, 0.6) is 0 Å². The Hall–Kier alpha value is -2.22. The number of halogens is 2. The molecule has 0 fully saturated rings. The SMILES string of the molecule is CC(=O)NC(CCSC(=O)Cc1ccccc1Nc1c(Cl)cccc1Cl)C(N)=O. The van der Waals surface area contributed by atoms with Crippen LogP contribution in [0.25, 0.3) is 0 Å². The highest BCUT2D eigenvalue weighted by atomic mass is 35.5. The molecule has 1 atom stereocenters. The van der Waals surface area contributed by atoms with Gasteiger partial charge in [0.25, 0.3) is 0 Å². The summed E-state index contributed by atoms with van der Waals surface area (Å²) in [5.41, 5.74) is 7.35. The Balaban J connectivity index is 1.99. The van der Waals surface area contributed by atoms with Crippen LogP contribution >= 0.6 is 35.0 Å².